The second kappa shape index (κ2) is 8.15. The molecule has 3 nitrogen and oxygen atoms in total. The van der Waals surface area contributed by atoms with Crippen LogP contribution in [-0.2, 0) is 11.3 Å². The van der Waals surface area contributed by atoms with Gasteiger partial charge in [-0.3, -0.25) is 9.69 Å². The summed E-state index contributed by atoms with van der Waals surface area (Å²) in [5.74, 6) is 0.192. The highest BCUT2D eigenvalue weighted by Crippen LogP contribution is 2.24. The summed E-state index contributed by atoms with van der Waals surface area (Å²) in [6.07, 6.45) is 1.76. The molecule has 126 valence electrons. The Kier molecular flexibility index (Phi) is 5.93. The van der Waals surface area contributed by atoms with Crippen molar-refractivity contribution < 1.29 is 4.79 Å². The summed E-state index contributed by atoms with van der Waals surface area (Å²) in [5.41, 5.74) is 1.99. The van der Waals surface area contributed by atoms with Crippen molar-refractivity contribution in [3.63, 3.8) is 0 Å². The van der Waals surface area contributed by atoms with Crippen molar-refractivity contribution >= 4 is 39.1 Å². The highest BCUT2D eigenvalue weighted by Gasteiger charge is 2.25. The van der Waals surface area contributed by atoms with Gasteiger partial charge in [-0.05, 0) is 55.8 Å². The molecule has 0 aliphatic carbocycles. The summed E-state index contributed by atoms with van der Waals surface area (Å²) in [6, 6.07) is 15.7. The van der Waals surface area contributed by atoms with E-state index in [9.17, 15) is 4.79 Å². The second-order valence-corrected chi connectivity index (χ2v) is 7.46. The lowest BCUT2D eigenvalue weighted by atomic mass is 9.95. The number of piperidine rings is 1. The van der Waals surface area contributed by atoms with Gasteiger partial charge in [0, 0.05) is 27.6 Å². The van der Waals surface area contributed by atoms with E-state index in [0.717, 1.165) is 53.2 Å². The molecule has 1 saturated heterocycles. The third kappa shape index (κ3) is 4.59. The Morgan fingerprint density at radius 3 is 2.62 bits per heavy atom. The summed E-state index contributed by atoms with van der Waals surface area (Å²) in [6.45, 7) is 2.68. The van der Waals surface area contributed by atoms with E-state index in [4.69, 9.17) is 11.6 Å². The molecule has 1 amide bonds. The fourth-order valence-corrected chi connectivity index (χ4v) is 3.63. The molecule has 1 N–H and O–H groups in total. The van der Waals surface area contributed by atoms with Crippen LogP contribution in [0.4, 0.5) is 5.69 Å². The van der Waals surface area contributed by atoms with Crippen molar-refractivity contribution in [2.45, 2.75) is 19.4 Å². The van der Waals surface area contributed by atoms with Crippen LogP contribution < -0.4 is 5.32 Å². The standard InChI is InChI=1S/C19H20BrClN2O/c20-16-5-3-6-17(12-16)22-19(24)14-8-10-23(11-9-14)13-15-4-1-2-7-18(15)21/h1-7,12,14H,8-11,13H2,(H,22,24). The predicted octanol–water partition coefficient (Wildman–Crippen LogP) is 4.95. The van der Waals surface area contributed by atoms with Gasteiger partial charge in [-0.2, -0.15) is 0 Å². The molecule has 1 aliphatic heterocycles. The second-order valence-electron chi connectivity index (χ2n) is 6.14. The highest BCUT2D eigenvalue weighted by molar-refractivity contribution is 9.10. The maximum absolute atomic E-state index is 12.4. The van der Waals surface area contributed by atoms with Crippen molar-refractivity contribution in [3.8, 4) is 0 Å². The summed E-state index contributed by atoms with van der Waals surface area (Å²) >= 11 is 9.66. The van der Waals surface area contributed by atoms with Crippen LogP contribution in [0.1, 0.15) is 18.4 Å². The Bertz CT molecular complexity index is 714. The number of likely N-dealkylation sites (tertiary alicyclic amines) is 1. The number of anilines is 1. The van der Waals surface area contributed by atoms with Crippen molar-refractivity contribution in [2.75, 3.05) is 18.4 Å². The lowest BCUT2D eigenvalue weighted by molar-refractivity contribution is -0.121. The number of hydrogen-bond acceptors (Lipinski definition) is 2. The normalized spacial score (nSPS) is 16.1. The van der Waals surface area contributed by atoms with Crippen LogP contribution in [0.25, 0.3) is 0 Å². The van der Waals surface area contributed by atoms with E-state index in [1.807, 2.05) is 42.5 Å². The van der Waals surface area contributed by atoms with Gasteiger partial charge >= 0.3 is 0 Å². The lowest BCUT2D eigenvalue weighted by Crippen LogP contribution is -2.37. The molecule has 3 rings (SSSR count). The molecule has 0 unspecified atom stereocenters. The van der Waals surface area contributed by atoms with Crippen LogP contribution in [0.3, 0.4) is 0 Å². The smallest absolute Gasteiger partial charge is 0.227 e. The number of carbonyl (C=O) groups is 1. The van der Waals surface area contributed by atoms with E-state index >= 15 is 0 Å². The molecule has 5 heteroatoms. The van der Waals surface area contributed by atoms with Gasteiger partial charge in [-0.15, -0.1) is 0 Å². The lowest BCUT2D eigenvalue weighted by Gasteiger charge is -2.31. The highest BCUT2D eigenvalue weighted by atomic mass is 79.9. The van der Waals surface area contributed by atoms with E-state index in [2.05, 4.69) is 32.2 Å². The number of benzene rings is 2. The van der Waals surface area contributed by atoms with Crippen molar-refractivity contribution in [2.24, 2.45) is 5.92 Å². The van der Waals surface area contributed by atoms with Crippen LogP contribution >= 0.6 is 27.5 Å². The van der Waals surface area contributed by atoms with Crippen LogP contribution in [0.2, 0.25) is 5.02 Å². The molecule has 24 heavy (non-hydrogen) atoms. The Morgan fingerprint density at radius 2 is 1.92 bits per heavy atom. The summed E-state index contributed by atoms with van der Waals surface area (Å²) < 4.78 is 0.967. The third-order valence-electron chi connectivity index (χ3n) is 4.40. The zero-order valence-corrected chi connectivity index (χ0v) is 15.7. The van der Waals surface area contributed by atoms with E-state index in [1.54, 1.807) is 0 Å². The monoisotopic (exact) mass is 406 g/mol. The molecular weight excluding hydrogens is 388 g/mol. The Balaban J connectivity index is 1.51. The topological polar surface area (TPSA) is 32.3 Å². The Hall–Kier alpha value is -1.36. The van der Waals surface area contributed by atoms with E-state index < -0.39 is 0 Å². The average Bonchev–Trinajstić information content (AvgIpc) is 2.57. The maximum atomic E-state index is 12.4. The number of nitrogens with one attached hydrogen (secondary N) is 1. The molecule has 0 spiro atoms. The fourth-order valence-electron chi connectivity index (χ4n) is 3.03. The number of hydrogen-bond donors (Lipinski definition) is 1. The zero-order valence-electron chi connectivity index (χ0n) is 13.3. The van der Waals surface area contributed by atoms with E-state index in [0.29, 0.717) is 0 Å². The first-order valence-corrected chi connectivity index (χ1v) is 9.31. The number of carbonyl (C=O) groups excluding carboxylic acids is 1. The van der Waals surface area contributed by atoms with Crippen molar-refractivity contribution in [1.29, 1.82) is 0 Å². The van der Waals surface area contributed by atoms with Gasteiger partial charge < -0.3 is 5.32 Å². The van der Waals surface area contributed by atoms with E-state index in [-0.39, 0.29) is 11.8 Å². The number of nitrogens with zero attached hydrogens (tertiary/aromatic N) is 1. The van der Waals surface area contributed by atoms with Gasteiger partial charge in [-0.1, -0.05) is 51.8 Å². The molecular formula is C19H20BrClN2O. The largest absolute Gasteiger partial charge is 0.326 e. The summed E-state index contributed by atoms with van der Waals surface area (Å²) in [5, 5.41) is 3.83. The summed E-state index contributed by atoms with van der Waals surface area (Å²) in [4.78, 5) is 14.8. The van der Waals surface area contributed by atoms with Crippen molar-refractivity contribution in [3.05, 3.63) is 63.6 Å². The van der Waals surface area contributed by atoms with Crippen LogP contribution in [0.5, 0.6) is 0 Å². The Morgan fingerprint density at radius 1 is 1.17 bits per heavy atom. The van der Waals surface area contributed by atoms with Crippen LogP contribution in [-0.4, -0.2) is 23.9 Å². The first-order valence-electron chi connectivity index (χ1n) is 8.14. The number of rotatable bonds is 4. The molecule has 2 aromatic rings. The molecule has 2 aromatic carbocycles. The van der Waals surface area contributed by atoms with Gasteiger partial charge in [-0.25, -0.2) is 0 Å². The van der Waals surface area contributed by atoms with Crippen LogP contribution in [0, 0.1) is 5.92 Å². The first-order chi connectivity index (χ1) is 11.6. The molecule has 0 radical (unpaired) electrons. The van der Waals surface area contributed by atoms with E-state index in [1.165, 1.54) is 0 Å². The van der Waals surface area contributed by atoms with Gasteiger partial charge in [0.25, 0.3) is 0 Å². The fraction of sp³-hybridized carbons (Fsp3) is 0.316. The maximum Gasteiger partial charge on any atom is 0.227 e. The van der Waals surface area contributed by atoms with Crippen molar-refractivity contribution in [1.82, 2.24) is 4.90 Å². The zero-order chi connectivity index (χ0) is 16.9. The molecule has 0 atom stereocenters. The van der Waals surface area contributed by atoms with Gasteiger partial charge in [0.15, 0.2) is 0 Å². The SMILES string of the molecule is O=C(Nc1cccc(Br)c1)C1CCN(Cc2ccccc2Cl)CC1. The molecule has 0 saturated carbocycles. The average molecular weight is 408 g/mol. The van der Waals surface area contributed by atoms with Gasteiger partial charge in [0.1, 0.15) is 0 Å². The molecule has 1 heterocycles. The van der Waals surface area contributed by atoms with Gasteiger partial charge in [0.05, 0.1) is 0 Å². The molecule has 0 bridgehead atoms. The predicted molar refractivity (Wildman–Crippen MR) is 102 cm³/mol. The number of amides is 1. The quantitative estimate of drug-likeness (QED) is 0.777. The third-order valence-corrected chi connectivity index (χ3v) is 5.26. The molecule has 1 fully saturated rings. The minimum atomic E-state index is 0.0754. The molecule has 0 aromatic heterocycles. The van der Waals surface area contributed by atoms with Gasteiger partial charge in [0.2, 0.25) is 5.91 Å². The summed E-state index contributed by atoms with van der Waals surface area (Å²) in [7, 11) is 0. The molecule has 1 aliphatic rings. The first kappa shape index (κ1) is 17.5. The minimum absolute atomic E-state index is 0.0754. The minimum Gasteiger partial charge on any atom is -0.326 e. The van der Waals surface area contributed by atoms with Crippen LogP contribution in [0.15, 0.2) is 53.0 Å². The number of halogens is 2. The Labute approximate surface area is 156 Å².